The Hall–Kier alpha value is -15.0. The Morgan fingerprint density at radius 1 is 0.188 bits per heavy atom. The summed E-state index contributed by atoms with van der Waals surface area (Å²) in [5, 5.41) is 2.16. The van der Waals surface area contributed by atoms with Crippen LogP contribution in [0.1, 0.15) is 0 Å². The standard InChI is InChI=1S/C102H66BN9/c1-9-27-67(28-10-1)71-45-53-82(54-46-71)110-92-63-78(69-31-13-3-14-32-69)49-57-87(92)103-88-58-50-79(70-33-15-4-16-34-70)64-93(88)111(83-55-47-72(48-56-83)68-29-11-2-12-30-68)95-66-81(65-94(110)96(95)103)77-51-59-90-85(61-77)84-43-25-26-44-89(84)112(90)91-60-52-80(101-106-97(73-35-17-5-18-36-73)104-98(107-101)74-37-19-6-20-38-74)62-86(91)102-108-99(75-39-21-7-22-40-75)105-100(109-102)76-41-23-8-24-42-76/h1-66H. The van der Waals surface area contributed by atoms with E-state index in [4.69, 9.17) is 29.9 Å². The molecule has 0 aliphatic carbocycles. The van der Waals surface area contributed by atoms with Crippen molar-refractivity contribution in [1.29, 1.82) is 0 Å². The van der Waals surface area contributed by atoms with E-state index in [1.165, 1.54) is 27.5 Å². The number of rotatable bonds is 14. The maximum atomic E-state index is 5.47. The molecule has 522 valence electrons. The summed E-state index contributed by atoms with van der Waals surface area (Å²) in [5.74, 6) is 3.22. The van der Waals surface area contributed by atoms with Crippen LogP contribution in [0.3, 0.4) is 0 Å². The minimum atomic E-state index is -0.154. The number of para-hydroxylation sites is 1. The molecule has 5 heterocycles. The zero-order valence-corrected chi connectivity index (χ0v) is 60.7. The number of benzene rings is 16. The quantitative estimate of drug-likeness (QED) is 0.0995. The van der Waals surface area contributed by atoms with Gasteiger partial charge in [-0.25, -0.2) is 29.9 Å². The molecule has 9 nitrogen and oxygen atoms in total. The highest BCUT2D eigenvalue weighted by molar-refractivity contribution is 7.00. The predicted octanol–water partition coefficient (Wildman–Crippen LogP) is 23.6. The Bertz CT molecular complexity index is 6460. The normalized spacial score (nSPS) is 12.1. The molecule has 0 unspecified atom stereocenters. The molecule has 21 rings (SSSR count). The summed E-state index contributed by atoms with van der Waals surface area (Å²) in [6, 6.07) is 143. The second-order valence-corrected chi connectivity index (χ2v) is 28.5. The molecular formula is C102H66BN9. The lowest BCUT2D eigenvalue weighted by molar-refractivity contribution is 1.06. The molecule has 0 amide bonds. The lowest BCUT2D eigenvalue weighted by atomic mass is 9.33. The summed E-state index contributed by atoms with van der Waals surface area (Å²) in [6.45, 7) is -0.154. The molecule has 2 aliphatic rings. The van der Waals surface area contributed by atoms with Crippen molar-refractivity contribution >= 4 is 79.0 Å². The summed E-state index contributed by atoms with van der Waals surface area (Å²) >= 11 is 0. The Morgan fingerprint density at radius 2 is 0.491 bits per heavy atom. The number of nitrogens with zero attached hydrogens (tertiary/aromatic N) is 9. The Kier molecular flexibility index (Phi) is 16.1. The second-order valence-electron chi connectivity index (χ2n) is 28.5. The first-order chi connectivity index (χ1) is 55.5. The first kappa shape index (κ1) is 65.3. The molecule has 16 aromatic carbocycles. The zero-order valence-electron chi connectivity index (χ0n) is 60.7. The summed E-state index contributed by atoms with van der Waals surface area (Å²) in [5.41, 5.74) is 29.5. The minimum absolute atomic E-state index is 0.154. The molecule has 0 saturated carbocycles. The monoisotopic (exact) mass is 1430 g/mol. The smallest absolute Gasteiger partial charge is 0.252 e. The van der Waals surface area contributed by atoms with Crippen molar-refractivity contribution in [2.75, 3.05) is 9.80 Å². The van der Waals surface area contributed by atoms with E-state index in [0.29, 0.717) is 34.9 Å². The van der Waals surface area contributed by atoms with Gasteiger partial charge in [0.05, 0.1) is 16.7 Å². The van der Waals surface area contributed by atoms with Gasteiger partial charge in [0.2, 0.25) is 0 Å². The average molecular weight is 1430 g/mol. The number of hydrogen-bond acceptors (Lipinski definition) is 8. The van der Waals surface area contributed by atoms with Gasteiger partial charge in [-0.15, -0.1) is 0 Å². The van der Waals surface area contributed by atoms with Gasteiger partial charge in [-0.1, -0.05) is 315 Å². The fraction of sp³-hybridized carbons (Fsp3) is 0. The van der Waals surface area contributed by atoms with Crippen LogP contribution in [0, 0.1) is 0 Å². The number of aromatic nitrogens is 7. The first-order valence-electron chi connectivity index (χ1n) is 37.9. The van der Waals surface area contributed by atoms with Gasteiger partial charge in [0.15, 0.2) is 34.9 Å². The highest BCUT2D eigenvalue weighted by Gasteiger charge is 2.44. The van der Waals surface area contributed by atoms with Crippen LogP contribution < -0.4 is 26.2 Å². The van der Waals surface area contributed by atoms with Crippen molar-refractivity contribution in [3.8, 4) is 130 Å². The fourth-order valence-electron chi connectivity index (χ4n) is 16.5. The average Bonchev–Trinajstić information content (AvgIpc) is 0.903. The summed E-state index contributed by atoms with van der Waals surface area (Å²) in [4.78, 5) is 36.9. The van der Waals surface area contributed by atoms with E-state index in [0.717, 1.165) is 140 Å². The molecule has 19 aromatic rings. The molecule has 112 heavy (non-hydrogen) atoms. The van der Waals surface area contributed by atoms with Gasteiger partial charge in [-0.05, 0) is 157 Å². The van der Waals surface area contributed by atoms with Crippen LogP contribution in [0.25, 0.3) is 151 Å². The van der Waals surface area contributed by atoms with E-state index < -0.39 is 0 Å². The van der Waals surface area contributed by atoms with Crippen LogP contribution in [0.2, 0.25) is 0 Å². The minimum Gasteiger partial charge on any atom is -0.311 e. The van der Waals surface area contributed by atoms with Gasteiger partial charge in [0.1, 0.15) is 0 Å². The third-order valence-electron chi connectivity index (χ3n) is 21.9. The van der Waals surface area contributed by atoms with Gasteiger partial charge in [0.25, 0.3) is 6.71 Å². The largest absolute Gasteiger partial charge is 0.311 e. The highest BCUT2D eigenvalue weighted by atomic mass is 15.2. The molecule has 0 N–H and O–H groups in total. The summed E-state index contributed by atoms with van der Waals surface area (Å²) in [6.07, 6.45) is 0. The molecule has 0 bridgehead atoms. The topological polar surface area (TPSA) is 88.8 Å². The maximum Gasteiger partial charge on any atom is 0.252 e. The van der Waals surface area contributed by atoms with Crippen LogP contribution in [-0.2, 0) is 0 Å². The second kappa shape index (κ2) is 27.7. The van der Waals surface area contributed by atoms with Crippen LogP contribution in [0.15, 0.2) is 400 Å². The van der Waals surface area contributed by atoms with E-state index in [-0.39, 0.29) is 6.71 Å². The van der Waals surface area contributed by atoms with Crippen molar-refractivity contribution in [1.82, 2.24) is 34.5 Å². The molecule has 2 aliphatic heterocycles. The predicted molar refractivity (Wildman–Crippen MR) is 461 cm³/mol. The zero-order chi connectivity index (χ0) is 74.0. The van der Waals surface area contributed by atoms with E-state index in [2.05, 4.69) is 318 Å². The Labute approximate surface area is 649 Å². The Morgan fingerprint density at radius 3 is 0.911 bits per heavy atom. The molecule has 0 spiro atoms. The van der Waals surface area contributed by atoms with Crippen molar-refractivity contribution in [3.63, 3.8) is 0 Å². The number of hydrogen-bond donors (Lipinski definition) is 0. The molecular weight excluding hydrogens is 1360 g/mol. The molecule has 0 saturated heterocycles. The summed E-state index contributed by atoms with van der Waals surface area (Å²) < 4.78 is 2.38. The number of anilines is 6. The van der Waals surface area contributed by atoms with E-state index in [9.17, 15) is 0 Å². The van der Waals surface area contributed by atoms with Crippen molar-refractivity contribution in [3.05, 3.63) is 400 Å². The van der Waals surface area contributed by atoms with E-state index in [1.54, 1.807) is 0 Å². The van der Waals surface area contributed by atoms with E-state index in [1.807, 2.05) is 97.1 Å². The van der Waals surface area contributed by atoms with Gasteiger partial charge < -0.3 is 14.4 Å². The third kappa shape index (κ3) is 11.7. The van der Waals surface area contributed by atoms with Crippen molar-refractivity contribution < 1.29 is 0 Å². The van der Waals surface area contributed by atoms with Crippen molar-refractivity contribution in [2.24, 2.45) is 0 Å². The fourth-order valence-corrected chi connectivity index (χ4v) is 16.5. The first-order valence-corrected chi connectivity index (χ1v) is 37.9. The SMILES string of the molecule is c1ccc(-c2ccc(N3c4cc(-c5ccccc5)ccc4B4c5ccc(-c6ccccc6)cc5N(c5ccc(-c6ccccc6)cc5)c5cc(-c6ccc7c(c6)c6ccccc6n7-c6ccc(-c7nc(-c8ccccc8)nc(-c8ccccc8)n7)cc6-c6nc(-c7ccccc7)nc(-c7ccccc7)n6)cc3c54)cc2)cc1. The van der Waals surface area contributed by atoms with Crippen LogP contribution in [0.4, 0.5) is 34.1 Å². The van der Waals surface area contributed by atoms with Crippen LogP contribution in [-0.4, -0.2) is 41.2 Å². The lowest BCUT2D eigenvalue weighted by Gasteiger charge is -2.44. The van der Waals surface area contributed by atoms with Gasteiger partial charge in [-0.3, -0.25) is 0 Å². The molecule has 0 fully saturated rings. The van der Waals surface area contributed by atoms with Crippen LogP contribution >= 0.6 is 0 Å². The highest BCUT2D eigenvalue weighted by Crippen LogP contribution is 2.49. The van der Waals surface area contributed by atoms with E-state index >= 15 is 0 Å². The molecule has 0 radical (unpaired) electrons. The van der Waals surface area contributed by atoms with Crippen LogP contribution in [0.5, 0.6) is 0 Å². The molecule has 0 atom stereocenters. The molecule has 10 heteroatoms. The van der Waals surface area contributed by atoms with Gasteiger partial charge in [-0.2, -0.15) is 0 Å². The third-order valence-corrected chi connectivity index (χ3v) is 21.9. The van der Waals surface area contributed by atoms with Gasteiger partial charge >= 0.3 is 0 Å². The Balaban J connectivity index is 0.808. The van der Waals surface area contributed by atoms with Crippen molar-refractivity contribution in [2.45, 2.75) is 0 Å². The van der Waals surface area contributed by atoms with Gasteiger partial charge in [0, 0.05) is 78.3 Å². The lowest BCUT2D eigenvalue weighted by Crippen LogP contribution is -2.61. The number of fused-ring (bicyclic) bond motifs is 7. The maximum absolute atomic E-state index is 5.47. The molecule has 3 aromatic heterocycles. The summed E-state index contributed by atoms with van der Waals surface area (Å²) in [7, 11) is 0.